The van der Waals surface area contributed by atoms with Crippen molar-refractivity contribution in [3.63, 3.8) is 0 Å². The summed E-state index contributed by atoms with van der Waals surface area (Å²) in [6.07, 6.45) is 1.80. The number of hydrogen-bond donors (Lipinski definition) is 5. The summed E-state index contributed by atoms with van der Waals surface area (Å²) in [5.74, 6) is 0.748. The van der Waals surface area contributed by atoms with E-state index in [0.717, 1.165) is 5.56 Å². The molecule has 1 atom stereocenters. The first-order valence-corrected chi connectivity index (χ1v) is 11.0. The molecule has 4 rings (SSSR count). The number of aliphatic imine (C=N–C) groups is 1. The van der Waals surface area contributed by atoms with Crippen LogP contribution in [-0.2, 0) is 11.3 Å². The maximum atomic E-state index is 12.3. The fourth-order valence-corrected chi connectivity index (χ4v) is 3.79. The molecule has 0 bridgehead atoms. The van der Waals surface area contributed by atoms with Gasteiger partial charge in [-0.15, -0.1) is 0 Å². The zero-order chi connectivity index (χ0) is 26.4. The molecule has 0 saturated heterocycles. The summed E-state index contributed by atoms with van der Waals surface area (Å²) in [5.41, 5.74) is 14.3. The van der Waals surface area contributed by atoms with Crippen molar-refractivity contribution in [2.24, 2.45) is 4.99 Å². The molecule has 0 saturated carbocycles. The van der Waals surface area contributed by atoms with Gasteiger partial charge in [-0.05, 0) is 23.3 Å². The molecule has 0 radical (unpaired) electrons. The van der Waals surface area contributed by atoms with E-state index < -0.39 is 6.04 Å². The number of fused-ring (bicyclic) bond motifs is 1. The Bertz CT molecular complexity index is 1440. The number of carbonyl (C=O) groups excluding carboxylic acids is 1. The van der Waals surface area contributed by atoms with Crippen molar-refractivity contribution in [3.8, 4) is 23.8 Å². The Labute approximate surface area is 212 Å². The summed E-state index contributed by atoms with van der Waals surface area (Å²) in [5, 5.41) is 26.7. The van der Waals surface area contributed by atoms with Gasteiger partial charge in [0.25, 0.3) is 5.91 Å². The van der Waals surface area contributed by atoms with Gasteiger partial charge in [0.15, 0.2) is 24.3 Å². The molecule has 37 heavy (non-hydrogen) atoms. The lowest BCUT2D eigenvalue weighted by Gasteiger charge is -2.26. The Morgan fingerprint density at radius 3 is 2.65 bits per heavy atom. The lowest BCUT2D eigenvalue weighted by molar-refractivity contribution is -0.123. The number of benzene rings is 2. The van der Waals surface area contributed by atoms with Crippen LogP contribution in [0.25, 0.3) is 0 Å². The SMILES string of the molecule is COc1cc(C2N=C(NC#N)Nc3nc(N)c(C#N)c(N)c32)ccc1OCC(=O)NCc1ccccc1. The quantitative estimate of drug-likeness (QED) is 0.237. The maximum Gasteiger partial charge on any atom is 0.258 e. The Morgan fingerprint density at radius 1 is 1.16 bits per heavy atom. The van der Waals surface area contributed by atoms with Crippen LogP contribution in [0.4, 0.5) is 17.3 Å². The number of methoxy groups -OCH3 is 1. The van der Waals surface area contributed by atoms with Gasteiger partial charge in [-0.3, -0.25) is 10.1 Å². The number of nitrogen functional groups attached to an aromatic ring is 2. The van der Waals surface area contributed by atoms with Gasteiger partial charge < -0.3 is 31.6 Å². The summed E-state index contributed by atoms with van der Waals surface area (Å²) in [6.45, 7) is 0.171. The molecule has 1 unspecified atom stereocenters. The Hall–Kier alpha value is -5.49. The van der Waals surface area contributed by atoms with E-state index in [-0.39, 0.29) is 41.4 Å². The van der Waals surface area contributed by atoms with Crippen LogP contribution in [0, 0.1) is 22.8 Å². The third-order valence-electron chi connectivity index (χ3n) is 5.55. The highest BCUT2D eigenvalue weighted by atomic mass is 16.5. The number of hydrogen-bond acceptors (Lipinski definition) is 11. The first-order chi connectivity index (χ1) is 17.9. The second kappa shape index (κ2) is 10.8. The number of nitrogens with one attached hydrogen (secondary N) is 3. The number of amides is 1. The van der Waals surface area contributed by atoms with Gasteiger partial charge >= 0.3 is 0 Å². The molecule has 7 N–H and O–H groups in total. The van der Waals surface area contributed by atoms with E-state index in [0.29, 0.717) is 29.2 Å². The minimum absolute atomic E-state index is 0.0332. The van der Waals surface area contributed by atoms with Gasteiger partial charge in [0, 0.05) is 12.1 Å². The molecule has 1 amide bonds. The Morgan fingerprint density at radius 2 is 1.95 bits per heavy atom. The first kappa shape index (κ1) is 24.6. The summed E-state index contributed by atoms with van der Waals surface area (Å²) >= 11 is 0. The van der Waals surface area contributed by atoms with Gasteiger partial charge in [0.1, 0.15) is 29.3 Å². The number of anilines is 3. The lowest BCUT2D eigenvalue weighted by Crippen LogP contribution is -2.32. The van der Waals surface area contributed by atoms with Crippen LogP contribution in [0.3, 0.4) is 0 Å². The average molecular weight is 498 g/mol. The summed E-state index contributed by atoms with van der Waals surface area (Å²) in [4.78, 5) is 21.0. The molecular formula is C25H23N9O3. The van der Waals surface area contributed by atoms with Gasteiger partial charge in [-0.1, -0.05) is 36.4 Å². The van der Waals surface area contributed by atoms with E-state index in [2.05, 4.69) is 25.9 Å². The van der Waals surface area contributed by atoms with Crippen LogP contribution in [0.15, 0.2) is 53.5 Å². The number of pyridine rings is 1. The third kappa shape index (κ3) is 5.28. The van der Waals surface area contributed by atoms with Crippen LogP contribution < -0.4 is 36.9 Å². The minimum Gasteiger partial charge on any atom is -0.493 e. The highest BCUT2D eigenvalue weighted by Crippen LogP contribution is 2.42. The number of nitrogens with two attached hydrogens (primary N) is 2. The van der Waals surface area contributed by atoms with Crippen LogP contribution in [0.5, 0.6) is 11.5 Å². The number of rotatable bonds is 7. The molecule has 12 nitrogen and oxygen atoms in total. The molecule has 0 fully saturated rings. The van der Waals surface area contributed by atoms with Crippen molar-refractivity contribution in [3.05, 3.63) is 70.8 Å². The standard InChI is InChI=1S/C25H23N9O3/c1-36-18-9-15(7-8-17(18)37-12-19(35)30-11-14-5-3-2-4-6-14)22-20-21(28)16(10-26)23(29)33-24(20)34-25(32-22)31-13-27/h2-9,22H,11-12H2,1H3,(H,30,35)(H6,28,29,31,32,33,34). The highest BCUT2D eigenvalue weighted by Gasteiger charge is 2.30. The molecule has 2 aromatic carbocycles. The number of ether oxygens (including phenoxy) is 2. The zero-order valence-electron chi connectivity index (χ0n) is 19.8. The second-order valence-electron chi connectivity index (χ2n) is 7.86. The molecule has 12 heteroatoms. The van der Waals surface area contributed by atoms with Crippen LogP contribution in [0.2, 0.25) is 0 Å². The van der Waals surface area contributed by atoms with Gasteiger partial charge in [0.05, 0.1) is 12.8 Å². The van der Waals surface area contributed by atoms with Crippen molar-refractivity contribution < 1.29 is 14.3 Å². The fourth-order valence-electron chi connectivity index (χ4n) is 3.79. The fraction of sp³-hybridized carbons (Fsp3) is 0.160. The van der Waals surface area contributed by atoms with Gasteiger partial charge in [0.2, 0.25) is 5.96 Å². The topological polar surface area (TPSA) is 196 Å². The Kier molecular flexibility index (Phi) is 7.21. The molecule has 3 aromatic rings. The third-order valence-corrected chi connectivity index (χ3v) is 5.55. The van der Waals surface area contributed by atoms with E-state index in [1.54, 1.807) is 24.4 Å². The average Bonchev–Trinajstić information content (AvgIpc) is 2.91. The maximum absolute atomic E-state index is 12.3. The highest BCUT2D eigenvalue weighted by molar-refractivity contribution is 5.98. The molecule has 0 spiro atoms. The number of nitriles is 2. The van der Waals surface area contributed by atoms with E-state index in [9.17, 15) is 10.1 Å². The Balaban J connectivity index is 1.58. The number of guanidine groups is 1. The molecule has 1 aromatic heterocycles. The predicted octanol–water partition coefficient (Wildman–Crippen LogP) is 1.76. The smallest absolute Gasteiger partial charge is 0.258 e. The van der Waals surface area contributed by atoms with Gasteiger partial charge in [-0.25, -0.2) is 9.98 Å². The largest absolute Gasteiger partial charge is 0.493 e. The molecule has 0 aliphatic carbocycles. The van der Waals surface area contributed by atoms with Crippen molar-refractivity contribution >= 4 is 29.2 Å². The monoisotopic (exact) mass is 497 g/mol. The van der Waals surface area contributed by atoms with E-state index in [1.807, 2.05) is 36.4 Å². The molecule has 1 aliphatic heterocycles. The minimum atomic E-state index is -0.746. The van der Waals surface area contributed by atoms with Crippen molar-refractivity contribution in [1.82, 2.24) is 15.6 Å². The van der Waals surface area contributed by atoms with Gasteiger partial charge in [-0.2, -0.15) is 10.5 Å². The molecule has 2 heterocycles. The van der Waals surface area contributed by atoms with Crippen molar-refractivity contribution in [2.45, 2.75) is 12.6 Å². The van der Waals surface area contributed by atoms with E-state index in [1.165, 1.54) is 7.11 Å². The normalized spacial score (nSPS) is 13.6. The van der Waals surface area contributed by atoms with Crippen LogP contribution in [-0.4, -0.2) is 30.6 Å². The lowest BCUT2D eigenvalue weighted by atomic mass is 9.95. The molecular weight excluding hydrogens is 474 g/mol. The molecule has 186 valence electrons. The molecule has 1 aliphatic rings. The second-order valence-corrected chi connectivity index (χ2v) is 7.86. The van der Waals surface area contributed by atoms with Crippen molar-refractivity contribution in [1.29, 1.82) is 10.5 Å². The van der Waals surface area contributed by atoms with E-state index in [4.69, 9.17) is 26.2 Å². The first-order valence-electron chi connectivity index (χ1n) is 11.0. The van der Waals surface area contributed by atoms with E-state index >= 15 is 0 Å². The predicted molar refractivity (Wildman–Crippen MR) is 136 cm³/mol. The summed E-state index contributed by atoms with van der Waals surface area (Å²) < 4.78 is 11.2. The van der Waals surface area contributed by atoms with Crippen LogP contribution >= 0.6 is 0 Å². The summed E-state index contributed by atoms with van der Waals surface area (Å²) in [7, 11) is 1.47. The number of nitrogens with zero attached hydrogens (tertiary/aromatic N) is 4. The number of aromatic nitrogens is 1. The zero-order valence-corrected chi connectivity index (χ0v) is 19.8. The number of carbonyl (C=O) groups is 1. The summed E-state index contributed by atoms with van der Waals surface area (Å²) in [6, 6.07) is 15.8. The van der Waals surface area contributed by atoms with Crippen LogP contribution in [0.1, 0.15) is 28.3 Å². The van der Waals surface area contributed by atoms with Crippen molar-refractivity contribution in [2.75, 3.05) is 30.5 Å².